The minimum atomic E-state index is 1.05. The SMILES string of the molecule is C[C](Sc1ccccc1)c1ccccn1. The fraction of sp³-hybridized carbons (Fsp3) is 0.0769. The van der Waals surface area contributed by atoms with Gasteiger partial charge in [-0.2, -0.15) is 0 Å². The highest BCUT2D eigenvalue weighted by atomic mass is 32.2. The van der Waals surface area contributed by atoms with Crippen LogP contribution in [0.2, 0.25) is 0 Å². The van der Waals surface area contributed by atoms with E-state index in [2.05, 4.69) is 24.0 Å². The van der Waals surface area contributed by atoms with Crippen molar-refractivity contribution < 1.29 is 0 Å². The average Bonchev–Trinajstić information content (AvgIpc) is 2.31. The molecule has 1 aromatic carbocycles. The van der Waals surface area contributed by atoms with Crippen LogP contribution in [0, 0.1) is 5.25 Å². The second-order valence-electron chi connectivity index (χ2n) is 3.19. The number of benzene rings is 1. The standard InChI is InChI=1S/C13H12NS/c1-11(13-9-5-6-10-14-13)15-12-7-3-2-4-8-12/h2-10H,1H3. The Morgan fingerprint density at radius 2 is 1.73 bits per heavy atom. The third-order valence-corrected chi connectivity index (χ3v) is 3.06. The summed E-state index contributed by atoms with van der Waals surface area (Å²) < 4.78 is 0. The number of pyridine rings is 1. The summed E-state index contributed by atoms with van der Waals surface area (Å²) >= 11 is 1.75. The molecule has 1 radical (unpaired) electrons. The van der Waals surface area contributed by atoms with Crippen LogP contribution in [0.5, 0.6) is 0 Å². The van der Waals surface area contributed by atoms with Crippen LogP contribution in [0.25, 0.3) is 0 Å². The monoisotopic (exact) mass is 214 g/mol. The molecule has 0 aliphatic heterocycles. The molecule has 75 valence electrons. The van der Waals surface area contributed by atoms with E-state index in [-0.39, 0.29) is 0 Å². The second kappa shape index (κ2) is 4.99. The Hall–Kier alpha value is -1.28. The van der Waals surface area contributed by atoms with Crippen LogP contribution in [0.3, 0.4) is 0 Å². The quantitative estimate of drug-likeness (QED) is 0.721. The lowest BCUT2D eigenvalue weighted by molar-refractivity contribution is 1.17. The summed E-state index contributed by atoms with van der Waals surface area (Å²) in [4.78, 5) is 5.57. The highest BCUT2D eigenvalue weighted by molar-refractivity contribution is 8.02. The van der Waals surface area contributed by atoms with Gasteiger partial charge in [-0.05, 0) is 31.2 Å². The molecule has 0 amide bonds. The Labute approximate surface area is 94.6 Å². The summed E-state index contributed by atoms with van der Waals surface area (Å²) in [6, 6.07) is 16.3. The van der Waals surface area contributed by atoms with Gasteiger partial charge in [0.25, 0.3) is 0 Å². The van der Waals surface area contributed by atoms with Crippen molar-refractivity contribution in [2.24, 2.45) is 0 Å². The molecule has 15 heavy (non-hydrogen) atoms. The van der Waals surface area contributed by atoms with E-state index in [0.717, 1.165) is 5.69 Å². The Morgan fingerprint density at radius 1 is 1.00 bits per heavy atom. The number of nitrogens with zero attached hydrogens (tertiary/aromatic N) is 1. The average molecular weight is 214 g/mol. The summed E-state index contributed by atoms with van der Waals surface area (Å²) in [6.07, 6.45) is 1.82. The minimum absolute atomic E-state index is 1.05. The summed E-state index contributed by atoms with van der Waals surface area (Å²) in [5.41, 5.74) is 1.05. The summed E-state index contributed by atoms with van der Waals surface area (Å²) in [6.45, 7) is 2.10. The van der Waals surface area contributed by atoms with Gasteiger partial charge in [-0.15, -0.1) is 11.8 Å². The third-order valence-electron chi connectivity index (χ3n) is 2.04. The maximum absolute atomic E-state index is 4.32. The maximum Gasteiger partial charge on any atom is 0.0802 e. The van der Waals surface area contributed by atoms with Gasteiger partial charge in [0.2, 0.25) is 0 Å². The normalized spacial score (nSPS) is 10.5. The molecule has 0 fully saturated rings. The molecule has 0 N–H and O–H groups in total. The van der Waals surface area contributed by atoms with Crippen LogP contribution in [-0.4, -0.2) is 4.98 Å². The largest absolute Gasteiger partial charge is 0.260 e. The van der Waals surface area contributed by atoms with E-state index in [9.17, 15) is 0 Å². The number of hydrogen-bond donors (Lipinski definition) is 0. The van der Waals surface area contributed by atoms with Gasteiger partial charge in [-0.25, -0.2) is 0 Å². The molecule has 0 aliphatic rings. The molecular formula is C13H12NS. The van der Waals surface area contributed by atoms with Crippen molar-refractivity contribution in [3.63, 3.8) is 0 Å². The van der Waals surface area contributed by atoms with E-state index in [1.165, 1.54) is 10.1 Å². The molecule has 2 heteroatoms. The van der Waals surface area contributed by atoms with Crippen molar-refractivity contribution >= 4 is 11.8 Å². The zero-order valence-corrected chi connectivity index (χ0v) is 9.37. The van der Waals surface area contributed by atoms with E-state index in [0.29, 0.717) is 0 Å². The summed E-state index contributed by atoms with van der Waals surface area (Å²) in [5, 5.41) is 1.22. The summed E-state index contributed by atoms with van der Waals surface area (Å²) in [7, 11) is 0. The van der Waals surface area contributed by atoms with Crippen LogP contribution >= 0.6 is 11.8 Å². The highest BCUT2D eigenvalue weighted by Crippen LogP contribution is 2.32. The lowest BCUT2D eigenvalue weighted by Crippen LogP contribution is -1.92. The zero-order chi connectivity index (χ0) is 10.5. The minimum Gasteiger partial charge on any atom is -0.260 e. The zero-order valence-electron chi connectivity index (χ0n) is 8.55. The highest BCUT2D eigenvalue weighted by Gasteiger charge is 2.08. The molecule has 0 saturated heterocycles. The van der Waals surface area contributed by atoms with Crippen molar-refractivity contribution in [2.45, 2.75) is 11.8 Å². The molecule has 1 heterocycles. The predicted molar refractivity (Wildman–Crippen MR) is 64.6 cm³/mol. The first kappa shape index (κ1) is 10.2. The molecule has 0 bridgehead atoms. The first-order valence-electron chi connectivity index (χ1n) is 4.84. The van der Waals surface area contributed by atoms with Gasteiger partial charge >= 0.3 is 0 Å². The van der Waals surface area contributed by atoms with Gasteiger partial charge in [-0.3, -0.25) is 4.98 Å². The van der Waals surface area contributed by atoms with Gasteiger partial charge in [0.05, 0.1) is 10.9 Å². The van der Waals surface area contributed by atoms with E-state index >= 15 is 0 Å². The van der Waals surface area contributed by atoms with Crippen LogP contribution < -0.4 is 0 Å². The van der Waals surface area contributed by atoms with Gasteiger partial charge in [0, 0.05) is 11.1 Å². The fourth-order valence-corrected chi connectivity index (χ4v) is 2.16. The van der Waals surface area contributed by atoms with Crippen LogP contribution in [0.4, 0.5) is 0 Å². The van der Waals surface area contributed by atoms with Gasteiger partial charge in [-0.1, -0.05) is 24.3 Å². The molecule has 1 nitrogen and oxygen atoms in total. The molecule has 0 atom stereocenters. The maximum atomic E-state index is 4.32. The van der Waals surface area contributed by atoms with Crippen LogP contribution in [0.15, 0.2) is 59.6 Å². The number of rotatable bonds is 3. The van der Waals surface area contributed by atoms with Crippen molar-refractivity contribution in [1.82, 2.24) is 4.98 Å². The number of thioether (sulfide) groups is 1. The predicted octanol–water partition coefficient (Wildman–Crippen LogP) is 3.77. The van der Waals surface area contributed by atoms with Crippen molar-refractivity contribution in [1.29, 1.82) is 0 Å². The van der Waals surface area contributed by atoms with Gasteiger partial charge in [0.1, 0.15) is 0 Å². The Morgan fingerprint density at radius 3 is 2.40 bits per heavy atom. The number of aromatic nitrogens is 1. The Balaban J connectivity index is 2.08. The van der Waals surface area contributed by atoms with Crippen molar-refractivity contribution in [2.75, 3.05) is 0 Å². The smallest absolute Gasteiger partial charge is 0.0802 e. The van der Waals surface area contributed by atoms with Crippen molar-refractivity contribution in [3.8, 4) is 0 Å². The molecule has 0 unspecified atom stereocenters. The molecule has 2 rings (SSSR count). The van der Waals surface area contributed by atoms with Gasteiger partial charge in [0.15, 0.2) is 0 Å². The molecular weight excluding hydrogens is 202 g/mol. The first-order chi connectivity index (χ1) is 7.36. The van der Waals surface area contributed by atoms with E-state index in [4.69, 9.17) is 0 Å². The van der Waals surface area contributed by atoms with Gasteiger partial charge < -0.3 is 0 Å². The summed E-state index contributed by atoms with van der Waals surface area (Å²) in [5.74, 6) is 0. The Bertz CT molecular complexity index is 399. The number of hydrogen-bond acceptors (Lipinski definition) is 2. The van der Waals surface area contributed by atoms with E-state index in [1.807, 2.05) is 42.6 Å². The Kier molecular flexibility index (Phi) is 3.41. The third kappa shape index (κ3) is 2.83. The molecule has 0 spiro atoms. The van der Waals surface area contributed by atoms with E-state index < -0.39 is 0 Å². The molecule has 1 aromatic heterocycles. The fourth-order valence-electron chi connectivity index (χ4n) is 1.29. The lowest BCUT2D eigenvalue weighted by Gasteiger charge is -2.08. The molecule has 0 aliphatic carbocycles. The second-order valence-corrected chi connectivity index (χ2v) is 4.47. The van der Waals surface area contributed by atoms with Crippen LogP contribution in [-0.2, 0) is 0 Å². The molecule has 0 saturated carbocycles. The van der Waals surface area contributed by atoms with Crippen LogP contribution in [0.1, 0.15) is 12.6 Å². The van der Waals surface area contributed by atoms with Crippen molar-refractivity contribution in [3.05, 3.63) is 65.7 Å². The topological polar surface area (TPSA) is 12.9 Å². The lowest BCUT2D eigenvalue weighted by atomic mass is 10.3. The van der Waals surface area contributed by atoms with E-state index in [1.54, 1.807) is 11.8 Å². The molecule has 2 aromatic rings. The first-order valence-corrected chi connectivity index (χ1v) is 5.66.